The number of carbonyl (C=O) groups excluding carboxylic acids is 1. The number of hydroxylamine groups is 2. The Bertz CT molecular complexity index is 520. The summed E-state index contributed by atoms with van der Waals surface area (Å²) in [6.45, 7) is 0.832. The molecule has 0 radical (unpaired) electrons. The summed E-state index contributed by atoms with van der Waals surface area (Å²) in [7, 11) is -2.15. The van der Waals surface area contributed by atoms with E-state index in [9.17, 15) is 29.1 Å². The van der Waals surface area contributed by atoms with Crippen molar-refractivity contribution in [2.45, 2.75) is 37.3 Å². The maximum absolute atomic E-state index is 13.3. The highest BCUT2D eigenvalue weighted by atomic mass is 31.1. The van der Waals surface area contributed by atoms with Crippen molar-refractivity contribution < 1.29 is 33.9 Å². The number of nitrogens with zero attached hydrogens (tertiary/aromatic N) is 1. The van der Waals surface area contributed by atoms with Gasteiger partial charge in [-0.3, -0.25) is 9.63 Å². The van der Waals surface area contributed by atoms with E-state index in [1.165, 1.54) is 6.66 Å². The van der Waals surface area contributed by atoms with E-state index in [0.717, 1.165) is 10.6 Å². The van der Waals surface area contributed by atoms with E-state index >= 15 is 0 Å². The van der Waals surface area contributed by atoms with Crippen LogP contribution in [0.1, 0.15) is 12.0 Å². The second-order valence-corrected chi connectivity index (χ2v) is 6.96. The first-order valence-corrected chi connectivity index (χ1v) is 9.09. The van der Waals surface area contributed by atoms with Crippen LogP contribution >= 0.6 is 7.80 Å². The molecular weight excluding hydrogens is 340 g/mol. The fraction of sp³-hybridized carbons (Fsp3) is 0.533. The van der Waals surface area contributed by atoms with Crippen molar-refractivity contribution in [1.29, 1.82) is 0 Å². The van der Waals surface area contributed by atoms with Gasteiger partial charge in [0, 0.05) is 0 Å². The van der Waals surface area contributed by atoms with Gasteiger partial charge in [-0.05, 0) is 5.56 Å². The Morgan fingerprint density at radius 3 is 2.42 bits per heavy atom. The van der Waals surface area contributed by atoms with Gasteiger partial charge in [0.15, 0.2) is 0 Å². The molecule has 1 aromatic rings. The predicted octanol–water partition coefficient (Wildman–Crippen LogP) is 0.802. The normalized spacial score (nSPS) is 16.8. The van der Waals surface area contributed by atoms with E-state index in [1.807, 2.05) is 6.07 Å². The zero-order valence-corrected chi connectivity index (χ0v) is 14.1. The van der Waals surface area contributed by atoms with Crippen LogP contribution in [0, 0.1) is 0 Å². The zero-order chi connectivity index (χ0) is 18.1. The first-order valence-electron chi connectivity index (χ1n) is 7.32. The molecule has 134 valence electrons. The largest absolute Gasteiger partial charge is 0.390 e. The van der Waals surface area contributed by atoms with Crippen molar-refractivity contribution in [3.8, 4) is 0 Å². The average molecular weight is 362 g/mol. The van der Waals surface area contributed by atoms with Crippen LogP contribution in [-0.4, -0.2) is 64.2 Å². The molecule has 1 aromatic carbocycles. The predicted molar refractivity (Wildman–Crippen MR) is 85.1 cm³/mol. The van der Waals surface area contributed by atoms with Gasteiger partial charge in [-0.1, -0.05) is 34.9 Å². The molecule has 24 heavy (non-hydrogen) atoms. The third-order valence-corrected chi connectivity index (χ3v) is 4.34. The summed E-state index contributed by atoms with van der Waals surface area (Å²) in [6, 6.07) is 8.98. The minimum absolute atomic E-state index is 0.0772. The molecule has 1 amide bonds. The monoisotopic (exact) mass is 362 g/mol. The Morgan fingerprint density at radius 2 is 1.88 bits per heavy atom. The fourth-order valence-corrected chi connectivity index (χ4v) is 2.41. The van der Waals surface area contributed by atoms with Gasteiger partial charge in [0.2, 0.25) is 6.41 Å². The Balaban J connectivity index is 2.48. The maximum atomic E-state index is 13.3. The molecule has 0 fully saturated rings. The third-order valence-electron chi connectivity index (χ3n) is 3.34. The number of carbonyl (C=O) groups is 1. The number of aliphatic hydroxyl groups excluding tert-OH is 3. The van der Waals surface area contributed by atoms with Gasteiger partial charge in [0.1, 0.15) is 25.5 Å². The molecular formula is C15H22FNO6P+. The molecule has 9 heteroatoms. The Morgan fingerprint density at radius 1 is 1.25 bits per heavy atom. The summed E-state index contributed by atoms with van der Waals surface area (Å²) in [5, 5.41) is 30.1. The molecule has 0 aromatic heterocycles. The molecule has 0 spiro atoms. The molecule has 0 heterocycles. The second-order valence-electron chi connectivity index (χ2n) is 5.31. The summed E-state index contributed by atoms with van der Waals surface area (Å²) in [5.74, 6) is -1.78. The zero-order valence-electron chi connectivity index (χ0n) is 13.2. The molecule has 1 rings (SSSR count). The number of benzene rings is 1. The van der Waals surface area contributed by atoms with E-state index in [-0.39, 0.29) is 6.61 Å². The van der Waals surface area contributed by atoms with Crippen LogP contribution in [0.25, 0.3) is 0 Å². The Labute approximate surface area is 140 Å². The van der Waals surface area contributed by atoms with E-state index < -0.39 is 45.0 Å². The van der Waals surface area contributed by atoms with Crippen LogP contribution in [0.15, 0.2) is 30.3 Å². The van der Waals surface area contributed by atoms with Crippen molar-refractivity contribution in [3.05, 3.63) is 35.9 Å². The lowest BCUT2D eigenvalue weighted by Gasteiger charge is -2.26. The molecule has 0 saturated carbocycles. The smallest absolute Gasteiger partial charge is 0.371 e. The van der Waals surface area contributed by atoms with E-state index in [4.69, 9.17) is 4.84 Å². The third kappa shape index (κ3) is 6.98. The molecule has 0 aliphatic carbocycles. The molecule has 0 saturated heterocycles. The summed E-state index contributed by atoms with van der Waals surface area (Å²) < 4.78 is 24.3. The first kappa shape index (κ1) is 20.6. The van der Waals surface area contributed by atoms with Crippen molar-refractivity contribution in [3.63, 3.8) is 0 Å². The number of alkyl halides is 1. The van der Waals surface area contributed by atoms with Gasteiger partial charge in [-0.25, -0.2) is 5.06 Å². The second kappa shape index (κ2) is 10.4. The van der Waals surface area contributed by atoms with Gasteiger partial charge in [0.05, 0.1) is 19.1 Å². The van der Waals surface area contributed by atoms with Crippen molar-refractivity contribution in [1.82, 2.24) is 5.06 Å². The summed E-state index contributed by atoms with van der Waals surface area (Å²) in [4.78, 5) is 16.2. The fourth-order valence-electron chi connectivity index (χ4n) is 1.89. The van der Waals surface area contributed by atoms with E-state index in [0.29, 0.717) is 6.41 Å². The van der Waals surface area contributed by atoms with E-state index in [1.54, 1.807) is 24.3 Å². The van der Waals surface area contributed by atoms with Gasteiger partial charge in [0.25, 0.3) is 5.91 Å². The van der Waals surface area contributed by atoms with Crippen molar-refractivity contribution in [2.24, 2.45) is 0 Å². The topological polar surface area (TPSA) is 107 Å². The summed E-state index contributed by atoms with van der Waals surface area (Å²) in [6.07, 6.45) is -5.12. The molecule has 2 unspecified atom stereocenters. The van der Waals surface area contributed by atoms with Crippen LogP contribution in [0.5, 0.6) is 0 Å². The van der Waals surface area contributed by atoms with Gasteiger partial charge >= 0.3 is 7.80 Å². The van der Waals surface area contributed by atoms with Crippen molar-refractivity contribution >= 4 is 14.2 Å². The molecule has 7 nitrogen and oxygen atoms in total. The van der Waals surface area contributed by atoms with Crippen LogP contribution in [0.2, 0.25) is 0 Å². The lowest BCUT2D eigenvalue weighted by molar-refractivity contribution is -0.192. The summed E-state index contributed by atoms with van der Waals surface area (Å²) in [5.41, 5.74) is 0.798. The molecule has 3 N–H and O–H groups in total. The minimum atomic E-state index is -2.15. The first-order chi connectivity index (χ1) is 11.3. The standard InChI is InChI=1S/C15H22FNO6P/c1-24(22)14(16)7-12(19)15(21)13(20)8-17(10-18)23-9-11-5-3-2-4-6-11/h2-6,10,12-15,19-21H,7-9H2,1H3/q+1/t12-,13+,14?,15-/m1/s1. The van der Waals surface area contributed by atoms with Gasteiger partial charge < -0.3 is 15.3 Å². The summed E-state index contributed by atoms with van der Waals surface area (Å²) >= 11 is 0. The highest BCUT2D eigenvalue weighted by Gasteiger charge is 2.34. The highest BCUT2D eigenvalue weighted by molar-refractivity contribution is 7.44. The number of aliphatic hydroxyl groups is 3. The van der Waals surface area contributed by atoms with Crippen LogP contribution in [0.3, 0.4) is 0 Å². The lowest BCUT2D eigenvalue weighted by Crippen LogP contribution is -2.45. The van der Waals surface area contributed by atoms with Gasteiger partial charge in [-0.15, -0.1) is 0 Å². The lowest BCUT2D eigenvalue weighted by atomic mass is 10.1. The highest BCUT2D eigenvalue weighted by Crippen LogP contribution is 2.28. The molecule has 0 aliphatic rings. The SMILES string of the molecule is C[P+](=O)C(F)C[C@@H](O)[C@@H](O)[C@@H](O)CN(C=O)OCc1ccccc1. The minimum Gasteiger partial charge on any atom is -0.390 e. The Hall–Kier alpha value is -1.44. The molecule has 0 bridgehead atoms. The number of halogens is 1. The van der Waals surface area contributed by atoms with Crippen LogP contribution < -0.4 is 0 Å². The number of amides is 1. The number of hydrogen-bond donors (Lipinski definition) is 3. The number of rotatable bonds is 11. The van der Waals surface area contributed by atoms with Crippen LogP contribution in [0.4, 0.5) is 4.39 Å². The Kier molecular flexibility index (Phi) is 8.95. The molecule has 0 aliphatic heterocycles. The molecule has 5 atom stereocenters. The maximum Gasteiger partial charge on any atom is 0.371 e. The quantitative estimate of drug-likeness (QED) is 0.305. The van der Waals surface area contributed by atoms with Crippen LogP contribution in [-0.2, 0) is 20.8 Å². The van der Waals surface area contributed by atoms with Crippen molar-refractivity contribution in [2.75, 3.05) is 13.2 Å². The van der Waals surface area contributed by atoms with E-state index in [2.05, 4.69) is 0 Å². The number of hydrogen-bond acceptors (Lipinski definition) is 6. The average Bonchev–Trinajstić information content (AvgIpc) is 2.58. The van der Waals surface area contributed by atoms with Gasteiger partial charge in [-0.2, -0.15) is 4.39 Å².